The Morgan fingerprint density at radius 2 is 2.08 bits per heavy atom. The van der Waals surface area contributed by atoms with E-state index in [0.717, 1.165) is 24.0 Å². The van der Waals surface area contributed by atoms with Gasteiger partial charge in [-0.2, -0.15) is 0 Å². The Morgan fingerprint density at radius 1 is 1.27 bits per heavy atom. The number of non-ortho nitro benzene ring substituents is 1. The van der Waals surface area contributed by atoms with E-state index >= 15 is 0 Å². The molecule has 1 amide bonds. The van der Waals surface area contributed by atoms with Crippen molar-refractivity contribution in [2.24, 2.45) is 0 Å². The predicted molar refractivity (Wildman–Crippen MR) is 97.2 cm³/mol. The molecule has 3 rings (SSSR count). The van der Waals surface area contributed by atoms with Crippen LogP contribution in [0, 0.1) is 10.1 Å². The van der Waals surface area contributed by atoms with Crippen molar-refractivity contribution in [2.75, 3.05) is 11.9 Å². The molecular formula is C18H18N4O4. The highest BCUT2D eigenvalue weighted by Crippen LogP contribution is 2.21. The van der Waals surface area contributed by atoms with Gasteiger partial charge in [-0.15, -0.1) is 0 Å². The maximum Gasteiger partial charge on any atom is 0.273 e. The summed E-state index contributed by atoms with van der Waals surface area (Å²) in [6.07, 6.45) is 0.896. The third-order valence-corrected chi connectivity index (χ3v) is 3.75. The van der Waals surface area contributed by atoms with Crippen molar-refractivity contribution in [1.82, 2.24) is 9.55 Å². The quantitative estimate of drug-likeness (QED) is 0.518. The number of hydrogen-bond donors (Lipinski definition) is 1. The SMILES string of the molecule is CCCn1c(NC(=O)COc2cccc([N+](=O)[O-])c2)nc2ccccc21. The number of benzene rings is 2. The Hall–Kier alpha value is -3.42. The number of rotatable bonds is 7. The fraction of sp³-hybridized carbons (Fsp3) is 0.222. The summed E-state index contributed by atoms with van der Waals surface area (Å²) < 4.78 is 7.30. The minimum Gasteiger partial charge on any atom is -0.484 e. The topological polar surface area (TPSA) is 99.3 Å². The van der Waals surface area contributed by atoms with E-state index in [-0.39, 0.29) is 24.0 Å². The zero-order chi connectivity index (χ0) is 18.5. The molecule has 0 unspecified atom stereocenters. The molecule has 0 saturated carbocycles. The summed E-state index contributed by atoms with van der Waals surface area (Å²) in [5.41, 5.74) is 1.66. The van der Waals surface area contributed by atoms with Crippen molar-refractivity contribution >= 4 is 28.6 Å². The lowest BCUT2D eigenvalue weighted by Gasteiger charge is -2.09. The fourth-order valence-electron chi connectivity index (χ4n) is 2.62. The van der Waals surface area contributed by atoms with Crippen molar-refractivity contribution in [3.05, 3.63) is 58.6 Å². The molecule has 0 bridgehead atoms. The van der Waals surface area contributed by atoms with Gasteiger partial charge in [0.2, 0.25) is 5.95 Å². The molecule has 0 aliphatic rings. The van der Waals surface area contributed by atoms with Crippen molar-refractivity contribution in [1.29, 1.82) is 0 Å². The highest BCUT2D eigenvalue weighted by molar-refractivity contribution is 5.92. The smallest absolute Gasteiger partial charge is 0.273 e. The lowest BCUT2D eigenvalue weighted by molar-refractivity contribution is -0.384. The zero-order valence-electron chi connectivity index (χ0n) is 14.2. The molecule has 26 heavy (non-hydrogen) atoms. The number of nitrogens with one attached hydrogen (secondary N) is 1. The molecule has 3 aromatic rings. The number of anilines is 1. The average Bonchev–Trinajstić information content (AvgIpc) is 2.98. The third kappa shape index (κ3) is 3.80. The first-order valence-corrected chi connectivity index (χ1v) is 8.21. The van der Waals surface area contributed by atoms with Crippen LogP contribution in [0.1, 0.15) is 13.3 Å². The average molecular weight is 354 g/mol. The molecule has 134 valence electrons. The molecule has 1 aromatic heterocycles. The Kier molecular flexibility index (Phi) is 5.12. The van der Waals surface area contributed by atoms with Gasteiger partial charge in [-0.25, -0.2) is 4.98 Å². The van der Waals surface area contributed by atoms with E-state index in [1.54, 1.807) is 6.07 Å². The second-order valence-corrected chi connectivity index (χ2v) is 5.67. The fourth-order valence-corrected chi connectivity index (χ4v) is 2.62. The van der Waals surface area contributed by atoms with Gasteiger partial charge in [0.15, 0.2) is 6.61 Å². The first-order valence-electron chi connectivity index (χ1n) is 8.21. The number of nitrogens with zero attached hydrogens (tertiary/aromatic N) is 3. The number of amides is 1. The maximum atomic E-state index is 12.2. The number of carbonyl (C=O) groups excluding carboxylic acids is 1. The lowest BCUT2D eigenvalue weighted by Crippen LogP contribution is -2.22. The van der Waals surface area contributed by atoms with Gasteiger partial charge in [-0.3, -0.25) is 20.2 Å². The summed E-state index contributed by atoms with van der Waals surface area (Å²) in [5, 5.41) is 13.5. The van der Waals surface area contributed by atoms with Gasteiger partial charge in [-0.05, 0) is 24.6 Å². The summed E-state index contributed by atoms with van der Waals surface area (Å²) in [5.74, 6) is 0.335. The number of carbonyl (C=O) groups is 1. The standard InChI is InChI=1S/C18H18N4O4/c1-2-10-21-16-9-4-3-8-15(16)19-18(21)20-17(23)12-26-14-7-5-6-13(11-14)22(24)25/h3-9,11H,2,10,12H2,1H3,(H,19,20,23). The van der Waals surface area contributed by atoms with Gasteiger partial charge in [0.1, 0.15) is 5.75 Å². The summed E-state index contributed by atoms with van der Waals surface area (Å²) in [6.45, 7) is 2.50. The number of nitro benzene ring substituents is 1. The number of imidazole rings is 1. The Bertz CT molecular complexity index is 951. The molecule has 8 nitrogen and oxygen atoms in total. The Morgan fingerprint density at radius 3 is 2.85 bits per heavy atom. The van der Waals surface area contributed by atoms with Crippen LogP contribution < -0.4 is 10.1 Å². The number of hydrogen-bond acceptors (Lipinski definition) is 5. The zero-order valence-corrected chi connectivity index (χ0v) is 14.2. The normalized spacial score (nSPS) is 10.7. The first-order chi connectivity index (χ1) is 12.6. The number of fused-ring (bicyclic) bond motifs is 1. The van der Waals surface area contributed by atoms with E-state index in [9.17, 15) is 14.9 Å². The second kappa shape index (κ2) is 7.64. The van der Waals surface area contributed by atoms with Gasteiger partial charge in [0, 0.05) is 12.6 Å². The van der Waals surface area contributed by atoms with Crippen molar-refractivity contribution < 1.29 is 14.5 Å². The molecule has 8 heteroatoms. The van der Waals surface area contributed by atoms with Gasteiger partial charge >= 0.3 is 0 Å². The maximum absolute atomic E-state index is 12.2. The predicted octanol–water partition coefficient (Wildman–Crippen LogP) is 3.37. The summed E-state index contributed by atoms with van der Waals surface area (Å²) in [6, 6.07) is 13.4. The molecule has 1 N–H and O–H groups in total. The molecular weight excluding hydrogens is 336 g/mol. The third-order valence-electron chi connectivity index (χ3n) is 3.75. The molecule has 0 spiro atoms. The first kappa shape index (κ1) is 17.4. The van der Waals surface area contributed by atoms with Crippen molar-refractivity contribution in [2.45, 2.75) is 19.9 Å². The van der Waals surface area contributed by atoms with Crippen LogP contribution in [-0.4, -0.2) is 27.0 Å². The molecule has 0 saturated heterocycles. The van der Waals surface area contributed by atoms with E-state index in [1.807, 2.05) is 35.8 Å². The highest BCUT2D eigenvalue weighted by Gasteiger charge is 2.13. The van der Waals surface area contributed by atoms with Crippen LogP contribution in [0.2, 0.25) is 0 Å². The summed E-state index contributed by atoms with van der Waals surface area (Å²) in [4.78, 5) is 26.9. The van der Waals surface area contributed by atoms with E-state index in [0.29, 0.717) is 5.95 Å². The molecule has 0 aliphatic carbocycles. The highest BCUT2D eigenvalue weighted by atomic mass is 16.6. The number of ether oxygens (including phenoxy) is 1. The van der Waals surface area contributed by atoms with E-state index in [2.05, 4.69) is 10.3 Å². The van der Waals surface area contributed by atoms with Gasteiger partial charge in [0.05, 0.1) is 22.0 Å². The second-order valence-electron chi connectivity index (χ2n) is 5.67. The van der Waals surface area contributed by atoms with E-state index in [1.165, 1.54) is 18.2 Å². The molecule has 1 heterocycles. The van der Waals surface area contributed by atoms with Crippen LogP contribution in [0.4, 0.5) is 11.6 Å². The Balaban J connectivity index is 1.70. The van der Waals surface area contributed by atoms with Crippen LogP contribution >= 0.6 is 0 Å². The molecule has 0 fully saturated rings. The monoisotopic (exact) mass is 354 g/mol. The molecule has 0 aliphatic heterocycles. The van der Waals surface area contributed by atoms with Gasteiger partial charge < -0.3 is 9.30 Å². The molecule has 0 radical (unpaired) electrons. The molecule has 2 aromatic carbocycles. The van der Waals surface area contributed by atoms with Crippen molar-refractivity contribution in [3.8, 4) is 5.75 Å². The van der Waals surface area contributed by atoms with Crippen LogP contribution in [0.5, 0.6) is 5.75 Å². The minimum absolute atomic E-state index is 0.0901. The van der Waals surface area contributed by atoms with Gasteiger partial charge in [-0.1, -0.05) is 25.1 Å². The van der Waals surface area contributed by atoms with Crippen molar-refractivity contribution in [3.63, 3.8) is 0 Å². The van der Waals surface area contributed by atoms with Crippen LogP contribution in [0.3, 0.4) is 0 Å². The van der Waals surface area contributed by atoms with E-state index < -0.39 is 4.92 Å². The number of nitro groups is 1. The van der Waals surface area contributed by atoms with Gasteiger partial charge in [0.25, 0.3) is 11.6 Å². The summed E-state index contributed by atoms with van der Waals surface area (Å²) in [7, 11) is 0. The lowest BCUT2D eigenvalue weighted by atomic mass is 10.3. The summed E-state index contributed by atoms with van der Waals surface area (Å²) >= 11 is 0. The van der Waals surface area contributed by atoms with Crippen LogP contribution in [0.15, 0.2) is 48.5 Å². The van der Waals surface area contributed by atoms with E-state index in [4.69, 9.17) is 4.74 Å². The van der Waals surface area contributed by atoms with Crippen LogP contribution in [0.25, 0.3) is 11.0 Å². The number of aromatic nitrogens is 2. The van der Waals surface area contributed by atoms with Crippen LogP contribution in [-0.2, 0) is 11.3 Å². The number of aryl methyl sites for hydroxylation is 1. The Labute approximate surface area is 149 Å². The largest absolute Gasteiger partial charge is 0.484 e. The minimum atomic E-state index is -0.514. The number of para-hydroxylation sites is 2. The molecule has 0 atom stereocenters.